The van der Waals surface area contributed by atoms with Gasteiger partial charge in [0, 0.05) is 18.4 Å². The SMILES string of the molecule is COc1ccc2nc3c(nc2c1)OC1CC2C(=O)NC4(C(=O)NS(=O)(=O)C5(C)CC5)CC4C=CCCCCCC(NC(=O)OC4CCCC4CCCCC3)C(=O)N2C1. The average Bonchev–Trinajstić information content (AvgIpc) is 4.00. The Balaban J connectivity index is 1.14. The highest BCUT2D eigenvalue weighted by atomic mass is 32.2. The first-order chi connectivity index (χ1) is 27.9. The molecule has 1 saturated heterocycles. The minimum Gasteiger partial charge on any atom is -0.497 e. The van der Waals surface area contributed by atoms with Crippen LogP contribution in [-0.4, -0.2) is 95.3 Å². The van der Waals surface area contributed by atoms with Gasteiger partial charge in [0.25, 0.3) is 5.91 Å². The molecule has 314 valence electrons. The Morgan fingerprint density at radius 2 is 1.76 bits per heavy atom. The van der Waals surface area contributed by atoms with E-state index in [1.165, 1.54) is 4.90 Å². The third-order valence-corrected chi connectivity index (χ3v) is 15.4. The quantitative estimate of drug-likeness (QED) is 0.360. The number of amides is 4. The normalized spacial score (nSPS) is 31.7. The number of aromatic nitrogens is 2. The van der Waals surface area contributed by atoms with Gasteiger partial charge in [0.15, 0.2) is 0 Å². The van der Waals surface area contributed by atoms with E-state index in [2.05, 4.69) is 15.4 Å². The number of benzene rings is 1. The van der Waals surface area contributed by atoms with Gasteiger partial charge >= 0.3 is 6.09 Å². The molecule has 0 spiro atoms. The van der Waals surface area contributed by atoms with Crippen molar-refractivity contribution in [2.45, 2.75) is 151 Å². The van der Waals surface area contributed by atoms with Crippen molar-refractivity contribution >= 4 is 44.9 Å². The third kappa shape index (κ3) is 8.35. The van der Waals surface area contributed by atoms with E-state index in [4.69, 9.17) is 24.2 Å². The van der Waals surface area contributed by atoms with Crippen LogP contribution < -0.4 is 24.8 Å². The van der Waals surface area contributed by atoms with Gasteiger partial charge < -0.3 is 29.7 Å². The van der Waals surface area contributed by atoms with Gasteiger partial charge in [-0.1, -0.05) is 37.8 Å². The zero-order chi connectivity index (χ0) is 40.7. The predicted octanol–water partition coefficient (Wildman–Crippen LogP) is 4.76. The number of allylic oxidation sites excluding steroid dienone is 1. The van der Waals surface area contributed by atoms with E-state index in [0.29, 0.717) is 66.9 Å². The van der Waals surface area contributed by atoms with E-state index in [-0.39, 0.29) is 31.4 Å². The van der Waals surface area contributed by atoms with E-state index >= 15 is 0 Å². The van der Waals surface area contributed by atoms with E-state index in [1.807, 2.05) is 24.3 Å². The summed E-state index contributed by atoms with van der Waals surface area (Å²) < 4.78 is 45.8. The summed E-state index contributed by atoms with van der Waals surface area (Å²) in [4.78, 5) is 68.1. The second-order valence-electron chi connectivity index (χ2n) is 17.5. The number of aryl methyl sites for hydroxylation is 1. The van der Waals surface area contributed by atoms with E-state index < -0.39 is 68.2 Å². The number of rotatable bonds is 4. The van der Waals surface area contributed by atoms with Gasteiger partial charge in [-0.3, -0.25) is 19.1 Å². The Morgan fingerprint density at radius 1 is 0.966 bits per heavy atom. The van der Waals surface area contributed by atoms with Crippen LogP contribution in [0.3, 0.4) is 0 Å². The molecule has 7 unspecified atom stereocenters. The van der Waals surface area contributed by atoms with Gasteiger partial charge in [-0.05, 0) is 102 Å². The molecule has 3 bridgehead atoms. The first-order valence-electron chi connectivity index (χ1n) is 21.2. The van der Waals surface area contributed by atoms with Crippen LogP contribution >= 0.6 is 0 Å². The van der Waals surface area contributed by atoms with E-state index in [9.17, 15) is 27.6 Å². The van der Waals surface area contributed by atoms with Crippen LogP contribution in [0.2, 0.25) is 0 Å². The average molecular weight is 821 g/mol. The lowest BCUT2D eigenvalue weighted by Crippen LogP contribution is -2.58. The molecule has 6 aliphatic rings. The zero-order valence-corrected chi connectivity index (χ0v) is 34.3. The summed E-state index contributed by atoms with van der Waals surface area (Å²) in [7, 11) is -2.41. The summed E-state index contributed by atoms with van der Waals surface area (Å²) in [6.07, 6.45) is 13.7. The fourth-order valence-electron chi connectivity index (χ4n) is 9.22. The molecule has 3 aliphatic carbocycles. The van der Waals surface area contributed by atoms with Gasteiger partial charge in [0.05, 0.1) is 29.4 Å². The first-order valence-corrected chi connectivity index (χ1v) is 22.7. The van der Waals surface area contributed by atoms with Crippen molar-refractivity contribution in [2.24, 2.45) is 11.8 Å². The lowest BCUT2D eigenvalue weighted by Gasteiger charge is -2.30. The molecule has 1 aromatic heterocycles. The highest BCUT2D eigenvalue weighted by Gasteiger charge is 2.63. The number of nitrogens with one attached hydrogen (secondary N) is 3. The molecule has 4 amide bonds. The number of methoxy groups -OCH3 is 1. The maximum absolute atomic E-state index is 14.7. The van der Waals surface area contributed by atoms with E-state index in [1.54, 1.807) is 20.1 Å². The van der Waals surface area contributed by atoms with Crippen molar-refractivity contribution in [3.05, 3.63) is 36.0 Å². The molecule has 4 heterocycles. The molecule has 0 radical (unpaired) electrons. The highest BCUT2D eigenvalue weighted by molar-refractivity contribution is 7.91. The summed E-state index contributed by atoms with van der Waals surface area (Å²) in [6.45, 7) is 1.60. The summed E-state index contributed by atoms with van der Waals surface area (Å²) in [5.41, 5.74) is 0.437. The van der Waals surface area contributed by atoms with Crippen LogP contribution in [-0.2, 0) is 35.6 Å². The predicted molar refractivity (Wildman–Crippen MR) is 213 cm³/mol. The second-order valence-corrected chi connectivity index (χ2v) is 19.7. The minimum atomic E-state index is -3.99. The van der Waals surface area contributed by atoms with Crippen molar-refractivity contribution in [3.8, 4) is 11.6 Å². The van der Waals surface area contributed by atoms with Crippen molar-refractivity contribution in [1.29, 1.82) is 0 Å². The van der Waals surface area contributed by atoms with Crippen LogP contribution in [0.25, 0.3) is 11.0 Å². The largest absolute Gasteiger partial charge is 0.497 e. The van der Waals surface area contributed by atoms with Crippen LogP contribution in [0.15, 0.2) is 30.4 Å². The summed E-state index contributed by atoms with van der Waals surface area (Å²) in [5.74, 6) is -1.10. The van der Waals surface area contributed by atoms with Gasteiger partial charge in [0.1, 0.15) is 41.3 Å². The standard InChI is InChI=1S/C42H56N6O9S/c1-41(20-21-41)58(53,54)47-39(51)42-24-27(42)14-8-4-3-5-9-16-32-38(50)48-25-29(23-34(48)36(49)46-42)56-37-31(43-30-19-18-28(55-2)22-33(30)44-37)15-10-6-7-12-26-13-11-17-35(26)57-40(52)45-32/h8,14,18-19,22,26-27,29,32,34-35H,3-7,9-13,15-17,20-21,23-25H2,1-2H3,(H,45,52)(H,46,49)(H,47,51). The molecule has 58 heavy (non-hydrogen) atoms. The Morgan fingerprint density at radius 3 is 2.57 bits per heavy atom. The van der Waals surface area contributed by atoms with Crippen molar-refractivity contribution < 1.29 is 41.8 Å². The molecule has 15 nitrogen and oxygen atoms in total. The number of nitrogens with zero attached hydrogens (tertiary/aromatic N) is 3. The smallest absolute Gasteiger partial charge is 0.408 e. The lowest BCUT2D eigenvalue weighted by molar-refractivity contribution is -0.141. The molecular weight excluding hydrogens is 765 g/mol. The van der Waals surface area contributed by atoms with Crippen LogP contribution in [0.5, 0.6) is 11.6 Å². The van der Waals surface area contributed by atoms with Gasteiger partial charge in [-0.15, -0.1) is 0 Å². The van der Waals surface area contributed by atoms with Crippen molar-refractivity contribution in [1.82, 2.24) is 30.2 Å². The number of carbonyl (C=O) groups excluding carboxylic acids is 4. The summed E-state index contributed by atoms with van der Waals surface area (Å²) in [6, 6.07) is 3.41. The number of ether oxygens (including phenoxy) is 3. The number of carbonyl (C=O) groups is 4. The summed E-state index contributed by atoms with van der Waals surface area (Å²) >= 11 is 0. The highest BCUT2D eigenvalue weighted by Crippen LogP contribution is 2.47. The summed E-state index contributed by atoms with van der Waals surface area (Å²) in [5, 5.41) is 5.82. The maximum Gasteiger partial charge on any atom is 0.408 e. The van der Waals surface area contributed by atoms with Crippen LogP contribution in [0, 0.1) is 11.8 Å². The zero-order valence-electron chi connectivity index (χ0n) is 33.5. The molecule has 16 heteroatoms. The molecule has 3 N–H and O–H groups in total. The number of alkyl carbamates (subject to hydrolysis) is 1. The maximum atomic E-state index is 14.7. The Labute approximate surface area is 339 Å². The topological polar surface area (TPSA) is 195 Å². The molecule has 8 rings (SSSR count). The molecule has 7 atom stereocenters. The first kappa shape index (κ1) is 40.3. The third-order valence-electron chi connectivity index (χ3n) is 13.3. The monoisotopic (exact) mass is 820 g/mol. The molecular formula is C42H56N6O9S. The Hall–Kier alpha value is -4.47. The molecule has 1 aromatic carbocycles. The van der Waals surface area contributed by atoms with Crippen molar-refractivity contribution in [3.63, 3.8) is 0 Å². The molecule has 3 aliphatic heterocycles. The Bertz CT molecular complexity index is 2070. The number of hydrogen-bond donors (Lipinski definition) is 3. The number of sulfonamides is 1. The molecule has 2 aromatic rings. The molecule has 3 saturated carbocycles. The Kier molecular flexibility index (Phi) is 11.3. The minimum absolute atomic E-state index is 0.00137. The van der Waals surface area contributed by atoms with Gasteiger partial charge in [-0.2, -0.15) is 0 Å². The van der Waals surface area contributed by atoms with Crippen molar-refractivity contribution in [2.75, 3.05) is 13.7 Å². The fourth-order valence-corrected chi connectivity index (χ4v) is 10.5. The second kappa shape index (κ2) is 16.3. The fraction of sp³-hybridized carbons (Fsp3) is 0.667. The van der Waals surface area contributed by atoms with Crippen LogP contribution in [0.1, 0.15) is 115 Å². The number of hydrogen-bond acceptors (Lipinski definition) is 11. The van der Waals surface area contributed by atoms with Gasteiger partial charge in [-0.25, -0.2) is 23.2 Å². The van der Waals surface area contributed by atoms with Crippen LogP contribution in [0.4, 0.5) is 4.79 Å². The van der Waals surface area contributed by atoms with Gasteiger partial charge in [0.2, 0.25) is 27.7 Å². The lowest BCUT2D eigenvalue weighted by atomic mass is 9.97. The van der Waals surface area contributed by atoms with E-state index in [0.717, 1.165) is 57.8 Å². The number of fused-ring (bicyclic) bond motifs is 6. The molecule has 4 fully saturated rings.